The number of rotatable bonds is 2. The average molecular weight is 229 g/mol. The third-order valence-corrected chi connectivity index (χ3v) is 2.19. The molecular formula is C12H11N3O2. The summed E-state index contributed by atoms with van der Waals surface area (Å²) in [5, 5.41) is 18.6. The fourth-order valence-electron chi connectivity index (χ4n) is 1.28. The van der Waals surface area contributed by atoms with Gasteiger partial charge >= 0.3 is 0 Å². The molecular weight excluding hydrogens is 218 g/mol. The molecule has 0 unspecified atom stereocenters. The Bertz CT molecular complexity index is 520. The highest BCUT2D eigenvalue weighted by molar-refractivity contribution is 6.02. The molecule has 0 aliphatic carbocycles. The van der Waals surface area contributed by atoms with Crippen LogP contribution >= 0.6 is 0 Å². The van der Waals surface area contributed by atoms with Gasteiger partial charge in [-0.1, -0.05) is 17.7 Å². The van der Waals surface area contributed by atoms with E-state index in [0.717, 1.165) is 5.56 Å². The van der Waals surface area contributed by atoms with E-state index in [0.29, 0.717) is 5.69 Å². The minimum absolute atomic E-state index is 0.156. The second-order valence-corrected chi connectivity index (χ2v) is 3.60. The van der Waals surface area contributed by atoms with Crippen LogP contribution in [0.15, 0.2) is 36.4 Å². The first kappa shape index (κ1) is 11.1. The van der Waals surface area contributed by atoms with Crippen LogP contribution in [0.25, 0.3) is 0 Å². The van der Waals surface area contributed by atoms with Crippen molar-refractivity contribution >= 4 is 11.6 Å². The Labute approximate surface area is 98.1 Å². The van der Waals surface area contributed by atoms with Crippen molar-refractivity contribution in [1.29, 1.82) is 0 Å². The molecule has 0 saturated heterocycles. The Balaban J connectivity index is 2.11. The maximum atomic E-state index is 11.7. The van der Waals surface area contributed by atoms with Crippen molar-refractivity contribution in [1.82, 2.24) is 10.2 Å². The lowest BCUT2D eigenvalue weighted by molar-refractivity contribution is 0.102. The first-order chi connectivity index (χ1) is 8.15. The number of anilines is 1. The van der Waals surface area contributed by atoms with Crippen molar-refractivity contribution in [2.45, 2.75) is 6.92 Å². The normalized spacial score (nSPS) is 9.94. The van der Waals surface area contributed by atoms with Gasteiger partial charge in [0.1, 0.15) is 0 Å². The fourth-order valence-corrected chi connectivity index (χ4v) is 1.28. The number of aryl methyl sites for hydroxylation is 1. The Morgan fingerprint density at radius 1 is 1.12 bits per heavy atom. The molecule has 0 bridgehead atoms. The molecule has 1 amide bonds. The topological polar surface area (TPSA) is 75.1 Å². The zero-order chi connectivity index (χ0) is 12.3. The summed E-state index contributed by atoms with van der Waals surface area (Å²) >= 11 is 0. The van der Waals surface area contributed by atoms with E-state index in [1.807, 2.05) is 19.1 Å². The smallest absolute Gasteiger partial charge is 0.276 e. The van der Waals surface area contributed by atoms with Gasteiger partial charge in [-0.3, -0.25) is 4.79 Å². The first-order valence-electron chi connectivity index (χ1n) is 5.06. The minimum Gasteiger partial charge on any atom is -0.492 e. The lowest BCUT2D eigenvalue weighted by Crippen LogP contribution is -2.13. The molecule has 17 heavy (non-hydrogen) atoms. The molecule has 2 rings (SSSR count). The van der Waals surface area contributed by atoms with Gasteiger partial charge in [-0.05, 0) is 25.1 Å². The first-order valence-corrected chi connectivity index (χ1v) is 5.06. The van der Waals surface area contributed by atoms with Crippen molar-refractivity contribution in [3.63, 3.8) is 0 Å². The number of nitrogens with zero attached hydrogens (tertiary/aromatic N) is 2. The van der Waals surface area contributed by atoms with E-state index < -0.39 is 0 Å². The zero-order valence-electron chi connectivity index (χ0n) is 9.21. The zero-order valence-corrected chi connectivity index (χ0v) is 9.21. The van der Waals surface area contributed by atoms with Crippen LogP contribution in [-0.2, 0) is 0 Å². The molecule has 1 heterocycles. The maximum absolute atomic E-state index is 11.7. The van der Waals surface area contributed by atoms with Crippen LogP contribution in [0, 0.1) is 6.92 Å². The third kappa shape index (κ3) is 2.78. The SMILES string of the molecule is Cc1ccc(NC(=O)c2ccc(O)nn2)cc1. The van der Waals surface area contributed by atoms with Crippen LogP contribution in [0.1, 0.15) is 16.1 Å². The number of carbonyl (C=O) groups excluding carboxylic acids is 1. The predicted octanol–water partition coefficient (Wildman–Crippen LogP) is 1.74. The number of aromatic nitrogens is 2. The largest absolute Gasteiger partial charge is 0.492 e. The lowest BCUT2D eigenvalue weighted by atomic mass is 10.2. The van der Waals surface area contributed by atoms with Gasteiger partial charge in [-0.25, -0.2) is 0 Å². The Kier molecular flexibility index (Phi) is 3.00. The highest BCUT2D eigenvalue weighted by Gasteiger charge is 2.08. The van der Waals surface area contributed by atoms with Gasteiger partial charge in [0, 0.05) is 11.8 Å². The third-order valence-electron chi connectivity index (χ3n) is 2.19. The molecule has 0 radical (unpaired) electrons. The van der Waals surface area contributed by atoms with Crippen LogP contribution in [0.4, 0.5) is 5.69 Å². The summed E-state index contributed by atoms with van der Waals surface area (Å²) in [6.45, 7) is 1.97. The minimum atomic E-state index is -0.360. The van der Waals surface area contributed by atoms with E-state index in [2.05, 4.69) is 15.5 Å². The van der Waals surface area contributed by atoms with Crippen molar-refractivity contribution in [3.8, 4) is 5.88 Å². The van der Waals surface area contributed by atoms with Crippen LogP contribution in [0.2, 0.25) is 0 Å². The van der Waals surface area contributed by atoms with Crippen LogP contribution in [-0.4, -0.2) is 21.2 Å². The molecule has 1 aromatic carbocycles. The summed E-state index contributed by atoms with van der Waals surface area (Å²) in [7, 11) is 0. The number of carbonyl (C=O) groups is 1. The van der Waals surface area contributed by atoms with E-state index in [1.54, 1.807) is 12.1 Å². The van der Waals surface area contributed by atoms with Crippen LogP contribution < -0.4 is 5.32 Å². The van der Waals surface area contributed by atoms with Crippen LogP contribution in [0.5, 0.6) is 5.88 Å². The van der Waals surface area contributed by atoms with E-state index in [-0.39, 0.29) is 17.5 Å². The van der Waals surface area contributed by atoms with Gasteiger partial charge in [-0.2, -0.15) is 0 Å². The van der Waals surface area contributed by atoms with Gasteiger partial charge in [0.05, 0.1) is 0 Å². The second kappa shape index (κ2) is 4.61. The highest BCUT2D eigenvalue weighted by atomic mass is 16.3. The van der Waals surface area contributed by atoms with Crippen molar-refractivity contribution < 1.29 is 9.90 Å². The molecule has 0 fully saturated rings. The van der Waals surface area contributed by atoms with Gasteiger partial charge in [0.15, 0.2) is 5.69 Å². The predicted molar refractivity (Wildman–Crippen MR) is 62.8 cm³/mol. The van der Waals surface area contributed by atoms with Gasteiger partial charge < -0.3 is 10.4 Å². The average Bonchev–Trinajstić information content (AvgIpc) is 2.33. The van der Waals surface area contributed by atoms with Crippen LogP contribution in [0.3, 0.4) is 0 Å². The van der Waals surface area contributed by atoms with E-state index in [9.17, 15) is 4.79 Å². The summed E-state index contributed by atoms with van der Waals surface area (Å²) in [4.78, 5) is 11.7. The molecule has 0 saturated carbocycles. The number of amides is 1. The number of aromatic hydroxyl groups is 1. The summed E-state index contributed by atoms with van der Waals surface area (Å²) < 4.78 is 0. The number of benzene rings is 1. The van der Waals surface area contributed by atoms with Crippen molar-refractivity contribution in [2.24, 2.45) is 0 Å². The summed E-state index contributed by atoms with van der Waals surface area (Å²) in [5.74, 6) is -0.571. The quantitative estimate of drug-likeness (QED) is 0.822. The standard InChI is InChI=1S/C12H11N3O2/c1-8-2-4-9(5-3-8)13-12(17)10-6-7-11(16)15-14-10/h2-7H,1H3,(H,13,17)(H,15,16). The molecule has 0 aliphatic rings. The molecule has 1 aromatic heterocycles. The molecule has 0 spiro atoms. The number of hydrogen-bond acceptors (Lipinski definition) is 4. The Morgan fingerprint density at radius 3 is 2.41 bits per heavy atom. The molecule has 86 valence electrons. The van der Waals surface area contributed by atoms with Gasteiger partial charge in [-0.15, -0.1) is 10.2 Å². The maximum Gasteiger partial charge on any atom is 0.276 e. The second-order valence-electron chi connectivity index (χ2n) is 3.60. The number of hydrogen-bond donors (Lipinski definition) is 2. The molecule has 0 aliphatic heterocycles. The number of nitrogens with one attached hydrogen (secondary N) is 1. The molecule has 5 nitrogen and oxygen atoms in total. The summed E-state index contributed by atoms with van der Waals surface area (Å²) in [6, 6.07) is 10.1. The molecule has 2 N–H and O–H groups in total. The van der Waals surface area contributed by atoms with E-state index >= 15 is 0 Å². The van der Waals surface area contributed by atoms with Crippen molar-refractivity contribution in [3.05, 3.63) is 47.7 Å². The summed E-state index contributed by atoms with van der Waals surface area (Å²) in [5.41, 5.74) is 1.96. The Morgan fingerprint density at radius 2 is 1.82 bits per heavy atom. The Hall–Kier alpha value is -2.43. The van der Waals surface area contributed by atoms with E-state index in [1.165, 1.54) is 12.1 Å². The molecule has 2 aromatic rings. The monoisotopic (exact) mass is 229 g/mol. The van der Waals surface area contributed by atoms with Gasteiger partial charge in [0.25, 0.3) is 5.91 Å². The fraction of sp³-hybridized carbons (Fsp3) is 0.0833. The molecule has 0 atom stereocenters. The van der Waals surface area contributed by atoms with Crippen molar-refractivity contribution in [2.75, 3.05) is 5.32 Å². The highest BCUT2D eigenvalue weighted by Crippen LogP contribution is 2.10. The van der Waals surface area contributed by atoms with E-state index in [4.69, 9.17) is 5.11 Å². The molecule has 5 heteroatoms. The van der Waals surface area contributed by atoms with Gasteiger partial charge in [0.2, 0.25) is 5.88 Å². The lowest BCUT2D eigenvalue weighted by Gasteiger charge is -2.04. The summed E-state index contributed by atoms with van der Waals surface area (Å²) in [6.07, 6.45) is 0.